The Morgan fingerprint density at radius 3 is 2.42 bits per heavy atom. The lowest BCUT2D eigenvalue weighted by Gasteiger charge is -2.37. The maximum Gasteiger partial charge on any atom is 0.0808 e. The Hall–Kier alpha value is -1.28. The van der Waals surface area contributed by atoms with Crippen LogP contribution in [0.1, 0.15) is 33.3 Å². The number of anilines is 1. The SMILES string of the molecule is Cc1ccccc1N1C(C)N2C(C=CC2(C)C)[C@@H]1C. The molecule has 3 rings (SSSR count). The first-order valence-corrected chi connectivity index (χ1v) is 7.25. The number of aryl methyl sites for hydroxylation is 1. The average Bonchev–Trinajstić information content (AvgIpc) is 2.79. The van der Waals surface area contributed by atoms with Crippen LogP contribution in [0.2, 0.25) is 0 Å². The van der Waals surface area contributed by atoms with Gasteiger partial charge in [-0.1, -0.05) is 30.4 Å². The Labute approximate surface area is 116 Å². The standard InChI is InChI=1S/C17H24N2/c1-12-8-6-7-9-15(12)18-13(2)16-10-11-17(4,5)19(16)14(18)3/h6-11,13-14,16H,1-5H3/t13-,14?,16?/m0/s1. The number of fused-ring (bicyclic) bond motifs is 1. The highest BCUT2D eigenvalue weighted by Gasteiger charge is 2.49. The molecule has 0 radical (unpaired) electrons. The molecule has 2 heterocycles. The smallest absolute Gasteiger partial charge is 0.0808 e. The first-order valence-electron chi connectivity index (χ1n) is 7.25. The molecule has 0 spiro atoms. The third-order valence-electron chi connectivity index (χ3n) is 4.82. The van der Waals surface area contributed by atoms with Gasteiger partial charge in [-0.15, -0.1) is 0 Å². The maximum absolute atomic E-state index is 2.63. The summed E-state index contributed by atoms with van der Waals surface area (Å²) < 4.78 is 0. The second-order valence-corrected chi connectivity index (χ2v) is 6.48. The summed E-state index contributed by atoms with van der Waals surface area (Å²) in [5, 5.41) is 0. The van der Waals surface area contributed by atoms with Crippen molar-refractivity contribution < 1.29 is 0 Å². The highest BCUT2D eigenvalue weighted by Crippen LogP contribution is 2.42. The van der Waals surface area contributed by atoms with Gasteiger partial charge in [-0.2, -0.15) is 0 Å². The number of hydrogen-bond donors (Lipinski definition) is 0. The van der Waals surface area contributed by atoms with E-state index in [2.05, 4.69) is 80.8 Å². The molecule has 3 atom stereocenters. The van der Waals surface area contributed by atoms with E-state index in [0.29, 0.717) is 18.2 Å². The van der Waals surface area contributed by atoms with Crippen LogP contribution in [0.5, 0.6) is 0 Å². The molecule has 1 saturated heterocycles. The minimum Gasteiger partial charge on any atom is -0.351 e. The maximum atomic E-state index is 2.63. The van der Waals surface area contributed by atoms with Crippen molar-refractivity contribution in [3.05, 3.63) is 42.0 Å². The lowest BCUT2D eigenvalue weighted by molar-refractivity contribution is 0.143. The fourth-order valence-electron chi connectivity index (χ4n) is 3.93. The summed E-state index contributed by atoms with van der Waals surface area (Å²) in [6.07, 6.45) is 5.19. The molecule has 19 heavy (non-hydrogen) atoms. The molecule has 2 heteroatoms. The molecular formula is C17H24N2. The zero-order valence-corrected chi connectivity index (χ0v) is 12.6. The Balaban J connectivity index is 2.02. The molecular weight excluding hydrogens is 232 g/mol. The van der Waals surface area contributed by atoms with Crippen LogP contribution >= 0.6 is 0 Å². The lowest BCUT2D eigenvalue weighted by Crippen LogP contribution is -2.47. The molecule has 2 aliphatic heterocycles. The number of nitrogens with zero attached hydrogens (tertiary/aromatic N) is 2. The average molecular weight is 256 g/mol. The molecule has 1 aromatic carbocycles. The van der Waals surface area contributed by atoms with Crippen molar-refractivity contribution in [3.63, 3.8) is 0 Å². The molecule has 2 nitrogen and oxygen atoms in total. The predicted octanol–water partition coefficient (Wildman–Crippen LogP) is 3.57. The number of benzene rings is 1. The molecule has 2 aliphatic rings. The van der Waals surface area contributed by atoms with Gasteiger partial charge in [-0.3, -0.25) is 4.90 Å². The third-order valence-corrected chi connectivity index (χ3v) is 4.82. The van der Waals surface area contributed by atoms with Crippen molar-refractivity contribution >= 4 is 5.69 Å². The van der Waals surface area contributed by atoms with E-state index in [-0.39, 0.29) is 5.54 Å². The Morgan fingerprint density at radius 1 is 1.11 bits per heavy atom. The van der Waals surface area contributed by atoms with Crippen LogP contribution in [-0.2, 0) is 0 Å². The van der Waals surface area contributed by atoms with Crippen LogP contribution in [0, 0.1) is 6.92 Å². The van der Waals surface area contributed by atoms with Crippen molar-refractivity contribution in [1.82, 2.24) is 4.90 Å². The molecule has 102 valence electrons. The van der Waals surface area contributed by atoms with Gasteiger partial charge in [0.2, 0.25) is 0 Å². The first-order chi connectivity index (χ1) is 8.93. The normalized spacial score (nSPS) is 32.9. The van der Waals surface area contributed by atoms with E-state index >= 15 is 0 Å². The number of rotatable bonds is 1. The first kappa shape index (κ1) is 12.7. The van der Waals surface area contributed by atoms with Gasteiger partial charge in [0, 0.05) is 17.3 Å². The summed E-state index contributed by atoms with van der Waals surface area (Å²) in [6.45, 7) is 11.5. The van der Waals surface area contributed by atoms with Gasteiger partial charge in [0.25, 0.3) is 0 Å². The summed E-state index contributed by atoms with van der Waals surface area (Å²) in [7, 11) is 0. The number of hydrogen-bond acceptors (Lipinski definition) is 2. The van der Waals surface area contributed by atoms with Crippen LogP contribution < -0.4 is 4.90 Å². The summed E-state index contributed by atoms with van der Waals surface area (Å²) >= 11 is 0. The molecule has 1 aromatic rings. The second-order valence-electron chi connectivity index (χ2n) is 6.48. The minimum absolute atomic E-state index is 0.162. The highest BCUT2D eigenvalue weighted by atomic mass is 15.5. The van der Waals surface area contributed by atoms with Crippen LogP contribution in [0.25, 0.3) is 0 Å². The minimum atomic E-state index is 0.162. The van der Waals surface area contributed by atoms with E-state index in [1.165, 1.54) is 11.3 Å². The van der Waals surface area contributed by atoms with E-state index in [0.717, 1.165) is 0 Å². The Morgan fingerprint density at radius 2 is 1.79 bits per heavy atom. The van der Waals surface area contributed by atoms with Crippen molar-refractivity contribution in [1.29, 1.82) is 0 Å². The molecule has 0 aliphatic carbocycles. The molecule has 0 aromatic heterocycles. The molecule has 0 amide bonds. The summed E-state index contributed by atoms with van der Waals surface area (Å²) in [4.78, 5) is 5.20. The van der Waals surface area contributed by atoms with E-state index in [1.54, 1.807) is 0 Å². The monoisotopic (exact) mass is 256 g/mol. The summed E-state index contributed by atoms with van der Waals surface area (Å²) in [5.41, 5.74) is 2.90. The van der Waals surface area contributed by atoms with Gasteiger partial charge in [0.05, 0.1) is 12.2 Å². The third kappa shape index (κ3) is 1.73. The fourth-order valence-corrected chi connectivity index (χ4v) is 3.93. The van der Waals surface area contributed by atoms with Gasteiger partial charge in [-0.25, -0.2) is 0 Å². The number of para-hydroxylation sites is 1. The van der Waals surface area contributed by atoms with Crippen molar-refractivity contribution in [2.45, 2.75) is 58.4 Å². The van der Waals surface area contributed by atoms with Crippen molar-refractivity contribution in [3.8, 4) is 0 Å². The second kappa shape index (κ2) is 4.11. The van der Waals surface area contributed by atoms with E-state index < -0.39 is 0 Å². The van der Waals surface area contributed by atoms with Crippen LogP contribution in [0.3, 0.4) is 0 Å². The Bertz CT molecular complexity index is 518. The van der Waals surface area contributed by atoms with Crippen molar-refractivity contribution in [2.75, 3.05) is 4.90 Å². The van der Waals surface area contributed by atoms with Crippen molar-refractivity contribution in [2.24, 2.45) is 0 Å². The molecule has 0 N–H and O–H groups in total. The van der Waals surface area contributed by atoms with Gasteiger partial charge in [-0.05, 0) is 46.2 Å². The van der Waals surface area contributed by atoms with Crippen LogP contribution in [0.15, 0.2) is 36.4 Å². The predicted molar refractivity (Wildman–Crippen MR) is 81.4 cm³/mol. The Kier molecular flexibility index (Phi) is 2.75. The highest BCUT2D eigenvalue weighted by molar-refractivity contribution is 5.56. The van der Waals surface area contributed by atoms with Gasteiger partial charge in [0.1, 0.15) is 0 Å². The fraction of sp³-hybridized carbons (Fsp3) is 0.529. The van der Waals surface area contributed by atoms with Crippen LogP contribution in [-0.4, -0.2) is 28.7 Å². The van der Waals surface area contributed by atoms with Crippen LogP contribution in [0.4, 0.5) is 5.69 Å². The molecule has 0 bridgehead atoms. The van der Waals surface area contributed by atoms with E-state index in [4.69, 9.17) is 0 Å². The summed E-state index contributed by atoms with van der Waals surface area (Å²) in [5.74, 6) is 0. The van der Waals surface area contributed by atoms with E-state index in [1.807, 2.05) is 0 Å². The summed E-state index contributed by atoms with van der Waals surface area (Å²) in [6, 6.07) is 9.78. The van der Waals surface area contributed by atoms with Gasteiger partial charge >= 0.3 is 0 Å². The topological polar surface area (TPSA) is 6.48 Å². The largest absolute Gasteiger partial charge is 0.351 e. The molecule has 2 unspecified atom stereocenters. The lowest BCUT2D eigenvalue weighted by atomic mass is 10.1. The zero-order chi connectivity index (χ0) is 13.8. The van der Waals surface area contributed by atoms with Gasteiger partial charge < -0.3 is 4.90 Å². The molecule has 0 saturated carbocycles. The zero-order valence-electron chi connectivity index (χ0n) is 12.6. The molecule has 1 fully saturated rings. The van der Waals surface area contributed by atoms with E-state index in [9.17, 15) is 0 Å². The van der Waals surface area contributed by atoms with Gasteiger partial charge in [0.15, 0.2) is 0 Å². The quantitative estimate of drug-likeness (QED) is 0.709.